The number of nitrogens with one attached hydrogen (secondary N) is 2. The molecule has 1 saturated heterocycles. The Labute approximate surface area is 200 Å². The van der Waals surface area contributed by atoms with Crippen molar-refractivity contribution in [3.05, 3.63) is 69.5 Å². The summed E-state index contributed by atoms with van der Waals surface area (Å²) in [5.41, 5.74) is 4.11. The molecule has 1 aliphatic rings. The molecule has 34 heavy (non-hydrogen) atoms. The molecule has 3 aromatic rings. The minimum Gasteiger partial charge on any atom is -0.497 e. The number of benzene rings is 2. The van der Waals surface area contributed by atoms with Gasteiger partial charge in [0.1, 0.15) is 5.75 Å². The molecule has 0 unspecified atom stereocenters. The highest BCUT2D eigenvalue weighted by molar-refractivity contribution is 5.89. The van der Waals surface area contributed by atoms with Crippen LogP contribution in [-0.4, -0.2) is 53.6 Å². The van der Waals surface area contributed by atoms with Crippen LogP contribution in [0, 0.1) is 13.8 Å². The summed E-state index contributed by atoms with van der Waals surface area (Å²) in [4.78, 5) is 33.6. The van der Waals surface area contributed by atoms with E-state index in [-0.39, 0.29) is 24.2 Å². The summed E-state index contributed by atoms with van der Waals surface area (Å²) in [6, 6.07) is 13.4. The molecule has 0 bridgehead atoms. The van der Waals surface area contributed by atoms with Gasteiger partial charge in [-0.05, 0) is 81.2 Å². The number of nitrogens with zero attached hydrogens (tertiary/aromatic N) is 2. The maximum absolute atomic E-state index is 13.4. The largest absolute Gasteiger partial charge is 0.497 e. The van der Waals surface area contributed by atoms with Crippen LogP contribution < -0.4 is 15.6 Å². The highest BCUT2D eigenvalue weighted by Crippen LogP contribution is 2.23. The molecule has 7 nitrogen and oxygen atoms in total. The van der Waals surface area contributed by atoms with Crippen LogP contribution in [-0.2, 0) is 6.54 Å². The predicted molar refractivity (Wildman–Crippen MR) is 137 cm³/mol. The third-order valence-corrected chi connectivity index (χ3v) is 6.85. The van der Waals surface area contributed by atoms with Gasteiger partial charge in [-0.15, -0.1) is 0 Å². The number of rotatable bonds is 7. The number of carbonyl (C=O) groups excluding carboxylic acids is 1. The van der Waals surface area contributed by atoms with Gasteiger partial charge in [0.2, 0.25) is 0 Å². The molecule has 1 aliphatic heterocycles. The lowest BCUT2D eigenvalue weighted by molar-refractivity contribution is 0.174. The number of aromatic nitrogens is 1. The fourth-order valence-corrected chi connectivity index (χ4v) is 4.81. The summed E-state index contributed by atoms with van der Waals surface area (Å²) in [7, 11) is 1.61. The van der Waals surface area contributed by atoms with Crippen LogP contribution in [0.1, 0.15) is 36.5 Å². The predicted octanol–water partition coefficient (Wildman–Crippen LogP) is 4.67. The first-order chi connectivity index (χ1) is 16.4. The average Bonchev–Trinajstić information content (AvgIpc) is 3.29. The van der Waals surface area contributed by atoms with Gasteiger partial charge in [0, 0.05) is 29.2 Å². The van der Waals surface area contributed by atoms with Crippen LogP contribution in [0.5, 0.6) is 5.75 Å². The van der Waals surface area contributed by atoms with E-state index in [0.29, 0.717) is 17.8 Å². The highest BCUT2D eigenvalue weighted by atomic mass is 16.5. The summed E-state index contributed by atoms with van der Waals surface area (Å²) in [6.07, 6.45) is 2.17. The summed E-state index contributed by atoms with van der Waals surface area (Å²) in [5, 5.41) is 4.01. The van der Waals surface area contributed by atoms with Crippen molar-refractivity contribution in [3.8, 4) is 5.75 Å². The van der Waals surface area contributed by atoms with E-state index in [0.717, 1.165) is 53.7 Å². The van der Waals surface area contributed by atoms with E-state index in [1.165, 1.54) is 0 Å². The van der Waals surface area contributed by atoms with Gasteiger partial charge in [0.05, 0.1) is 19.2 Å². The number of ether oxygens (including phenoxy) is 1. The normalized spacial score (nSPS) is 16.1. The standard InChI is InChI=1S/C27H34N4O3/c1-5-30-14-6-7-22(30)17-31(27(33)28-21-10-12-23(34-4)13-11-21)16-20-15-24-18(2)8-9-19(3)25(24)29-26(20)32/h8-13,15,22H,5-7,14,16-17H2,1-4H3,(H,28,33)(H,29,32)/t22-/m0/s1. The van der Waals surface area contributed by atoms with Crippen LogP contribution in [0.4, 0.5) is 10.5 Å². The molecule has 0 aliphatic carbocycles. The highest BCUT2D eigenvalue weighted by Gasteiger charge is 2.28. The van der Waals surface area contributed by atoms with Crippen molar-refractivity contribution < 1.29 is 9.53 Å². The van der Waals surface area contributed by atoms with Crippen molar-refractivity contribution in [1.82, 2.24) is 14.8 Å². The molecule has 2 N–H and O–H groups in total. The molecule has 2 aromatic carbocycles. The Morgan fingerprint density at radius 3 is 2.62 bits per heavy atom. The van der Waals surface area contributed by atoms with Gasteiger partial charge in [0.15, 0.2) is 0 Å². The lowest BCUT2D eigenvalue weighted by atomic mass is 10.0. The van der Waals surface area contributed by atoms with Gasteiger partial charge in [-0.1, -0.05) is 19.1 Å². The quantitative estimate of drug-likeness (QED) is 0.535. The fourth-order valence-electron chi connectivity index (χ4n) is 4.81. The number of hydrogen-bond acceptors (Lipinski definition) is 4. The number of anilines is 1. The molecule has 0 radical (unpaired) electrons. The molecule has 1 aromatic heterocycles. The Balaban J connectivity index is 1.63. The molecule has 0 saturated carbocycles. The first-order valence-electron chi connectivity index (χ1n) is 12.0. The van der Waals surface area contributed by atoms with Crippen LogP contribution in [0.3, 0.4) is 0 Å². The Hall–Kier alpha value is -3.32. The number of amides is 2. The molecule has 2 heterocycles. The Kier molecular flexibility index (Phi) is 7.22. The number of aromatic amines is 1. The Bertz CT molecular complexity index is 1220. The maximum Gasteiger partial charge on any atom is 0.322 e. The smallest absolute Gasteiger partial charge is 0.322 e. The van der Waals surface area contributed by atoms with Crippen LogP contribution in [0.15, 0.2) is 47.3 Å². The van der Waals surface area contributed by atoms with Gasteiger partial charge in [-0.3, -0.25) is 9.69 Å². The summed E-state index contributed by atoms with van der Waals surface area (Å²) in [6.45, 7) is 8.99. The van der Waals surface area contributed by atoms with E-state index in [9.17, 15) is 9.59 Å². The number of methoxy groups -OCH3 is 1. The molecule has 4 rings (SSSR count). The second-order valence-corrected chi connectivity index (χ2v) is 9.08. The summed E-state index contributed by atoms with van der Waals surface area (Å²) >= 11 is 0. The molecule has 1 atom stereocenters. The number of likely N-dealkylation sites (N-methyl/N-ethyl adjacent to an activating group) is 1. The van der Waals surface area contributed by atoms with Gasteiger partial charge >= 0.3 is 6.03 Å². The number of likely N-dealkylation sites (tertiary alicyclic amines) is 1. The minimum atomic E-state index is -0.214. The van der Waals surface area contributed by atoms with Crippen molar-refractivity contribution in [2.24, 2.45) is 0 Å². The number of aryl methyl sites for hydroxylation is 2. The molecule has 1 fully saturated rings. The van der Waals surface area contributed by atoms with E-state index in [1.54, 1.807) is 12.0 Å². The number of urea groups is 1. The molecule has 7 heteroatoms. The SMILES string of the molecule is CCN1CCC[C@H]1CN(Cc1cc2c(C)ccc(C)c2[nH]c1=O)C(=O)Nc1ccc(OC)cc1. The third kappa shape index (κ3) is 5.09. The number of hydrogen-bond donors (Lipinski definition) is 2. The second kappa shape index (κ2) is 10.3. The number of carbonyl (C=O) groups is 1. The lowest BCUT2D eigenvalue weighted by Crippen LogP contribution is -2.45. The van der Waals surface area contributed by atoms with E-state index in [4.69, 9.17) is 4.74 Å². The molecule has 0 spiro atoms. The second-order valence-electron chi connectivity index (χ2n) is 9.08. The van der Waals surface area contributed by atoms with Gasteiger partial charge < -0.3 is 19.9 Å². The molecule has 180 valence electrons. The van der Waals surface area contributed by atoms with Crippen LogP contribution in [0.25, 0.3) is 10.9 Å². The lowest BCUT2D eigenvalue weighted by Gasteiger charge is -2.30. The molecular formula is C27H34N4O3. The first-order valence-corrected chi connectivity index (χ1v) is 12.0. The fraction of sp³-hybridized carbons (Fsp3) is 0.407. The van der Waals surface area contributed by atoms with Crippen molar-refractivity contribution in [2.45, 2.75) is 46.2 Å². The Morgan fingerprint density at radius 2 is 1.91 bits per heavy atom. The average molecular weight is 463 g/mol. The zero-order valence-corrected chi connectivity index (χ0v) is 20.5. The number of pyridine rings is 1. The van der Waals surface area contributed by atoms with Crippen LogP contribution in [0.2, 0.25) is 0 Å². The van der Waals surface area contributed by atoms with Gasteiger partial charge in [-0.25, -0.2) is 4.79 Å². The first kappa shape index (κ1) is 23.8. The summed E-state index contributed by atoms with van der Waals surface area (Å²) in [5.74, 6) is 0.729. The topological polar surface area (TPSA) is 77.7 Å². The van der Waals surface area contributed by atoms with Crippen LogP contribution >= 0.6 is 0 Å². The molecule has 2 amide bonds. The van der Waals surface area contributed by atoms with Crippen molar-refractivity contribution >= 4 is 22.6 Å². The number of fused-ring (bicyclic) bond motifs is 1. The Morgan fingerprint density at radius 1 is 1.18 bits per heavy atom. The van der Waals surface area contributed by atoms with Gasteiger partial charge in [0.25, 0.3) is 5.56 Å². The van der Waals surface area contributed by atoms with E-state index >= 15 is 0 Å². The zero-order chi connectivity index (χ0) is 24.2. The van der Waals surface area contributed by atoms with Gasteiger partial charge in [-0.2, -0.15) is 0 Å². The molecular weight excluding hydrogens is 428 g/mol. The monoisotopic (exact) mass is 462 g/mol. The van der Waals surface area contributed by atoms with Crippen molar-refractivity contribution in [2.75, 3.05) is 32.1 Å². The zero-order valence-electron chi connectivity index (χ0n) is 20.5. The number of H-pyrrole nitrogens is 1. The van der Waals surface area contributed by atoms with E-state index in [2.05, 4.69) is 28.2 Å². The van der Waals surface area contributed by atoms with E-state index in [1.807, 2.05) is 50.2 Å². The minimum absolute atomic E-state index is 0.151. The van der Waals surface area contributed by atoms with Crippen molar-refractivity contribution in [1.29, 1.82) is 0 Å². The van der Waals surface area contributed by atoms with Crippen molar-refractivity contribution in [3.63, 3.8) is 0 Å². The van der Waals surface area contributed by atoms with E-state index < -0.39 is 0 Å². The maximum atomic E-state index is 13.4. The third-order valence-electron chi connectivity index (χ3n) is 6.85. The summed E-state index contributed by atoms with van der Waals surface area (Å²) < 4.78 is 5.21.